The van der Waals surface area contributed by atoms with Crippen molar-refractivity contribution in [3.8, 4) is 0 Å². The predicted molar refractivity (Wildman–Crippen MR) is 65.6 cm³/mol. The Labute approximate surface area is 79.0 Å². The largest absolute Gasteiger partial charge is 0.0747 e. The Morgan fingerprint density at radius 2 is 1.64 bits per heavy atom. The molecular weight excluding hydrogens is 180 g/mol. The molecule has 0 aromatic carbocycles. The van der Waals surface area contributed by atoms with Crippen LogP contribution >= 0.6 is 0 Å². The van der Waals surface area contributed by atoms with Crippen molar-refractivity contribution in [2.45, 2.75) is 50.1 Å². The van der Waals surface area contributed by atoms with Gasteiger partial charge in [-0.2, -0.15) is 0 Å². The molecule has 68 valence electrons. The maximum atomic E-state index is 2.59. The fourth-order valence-corrected chi connectivity index (χ4v) is 10.9. The third-order valence-corrected chi connectivity index (χ3v) is 14.7. The summed E-state index contributed by atoms with van der Waals surface area (Å²) in [4.78, 5) is 0. The molecule has 0 rings (SSSR count). The maximum absolute atomic E-state index is 2.59. The van der Waals surface area contributed by atoms with Crippen molar-refractivity contribution in [1.29, 1.82) is 0 Å². The van der Waals surface area contributed by atoms with Crippen molar-refractivity contribution < 1.29 is 0 Å². The lowest BCUT2D eigenvalue weighted by Gasteiger charge is -2.34. The lowest BCUT2D eigenvalue weighted by atomic mass is 10.2. The minimum Gasteiger partial charge on any atom is -0.0747 e. The van der Waals surface area contributed by atoms with Gasteiger partial charge in [-0.25, -0.2) is 0 Å². The Balaban J connectivity index is 4.19. The van der Waals surface area contributed by atoms with E-state index in [9.17, 15) is 0 Å². The van der Waals surface area contributed by atoms with E-state index in [2.05, 4.69) is 33.5 Å². The second kappa shape index (κ2) is 5.32. The summed E-state index contributed by atoms with van der Waals surface area (Å²) in [5, 5.41) is 0. The molecule has 0 spiro atoms. The van der Waals surface area contributed by atoms with E-state index in [1.807, 2.05) is 0 Å². The summed E-state index contributed by atoms with van der Waals surface area (Å²) in [6, 6.07) is 0. The summed E-state index contributed by atoms with van der Waals surface area (Å²) >= 11 is 0. The molecule has 0 aromatic heterocycles. The zero-order chi connectivity index (χ0) is 8.91. The molecule has 0 saturated heterocycles. The van der Waals surface area contributed by atoms with Gasteiger partial charge in [0.15, 0.2) is 0 Å². The van der Waals surface area contributed by atoms with Crippen molar-refractivity contribution in [3.05, 3.63) is 0 Å². The minimum atomic E-state index is 0.259. The molecule has 11 heavy (non-hydrogen) atoms. The average Bonchev–Trinajstić information content (AvgIpc) is 2.06. The zero-order valence-corrected chi connectivity index (χ0v) is 13.1. The van der Waals surface area contributed by atoms with Crippen LogP contribution in [-0.4, -0.2) is 28.6 Å². The highest BCUT2D eigenvalue weighted by Gasteiger charge is 2.28. The van der Waals surface area contributed by atoms with Crippen LogP contribution in [0.25, 0.3) is 0 Å². The molecule has 0 saturated carbocycles. The van der Waals surface area contributed by atoms with Crippen LogP contribution in [0.15, 0.2) is 0 Å². The fourth-order valence-electron chi connectivity index (χ4n) is 2.10. The summed E-state index contributed by atoms with van der Waals surface area (Å²) in [6.45, 7) is 12.5. The molecule has 1 atom stereocenters. The van der Waals surface area contributed by atoms with Gasteiger partial charge in [0.25, 0.3) is 0 Å². The van der Waals surface area contributed by atoms with E-state index in [0.29, 0.717) is 0 Å². The highest BCUT2D eigenvalue weighted by molar-refractivity contribution is 6.63. The Bertz CT molecular complexity index is 95.5. The zero-order valence-electron chi connectivity index (χ0n) is 8.91. The van der Waals surface area contributed by atoms with Gasteiger partial charge in [-0.15, -0.1) is 0 Å². The van der Waals surface area contributed by atoms with Crippen LogP contribution in [0.1, 0.15) is 20.3 Å². The number of hydrogen-bond donors (Lipinski definition) is 0. The van der Waals surface area contributed by atoms with Crippen LogP contribution in [0.5, 0.6) is 0 Å². The second-order valence-corrected chi connectivity index (χ2v) is 11.3. The lowest BCUT2D eigenvalue weighted by molar-refractivity contribution is 0.692. The molecule has 0 aliphatic rings. The van der Waals surface area contributed by atoms with Gasteiger partial charge in [0.2, 0.25) is 0 Å². The first-order valence-corrected chi connectivity index (χ1v) is 11.6. The maximum Gasteiger partial charge on any atom is 0.0200 e. The Morgan fingerprint density at radius 3 is 1.73 bits per heavy atom. The first-order valence-electron chi connectivity index (χ1n) is 5.14. The quantitative estimate of drug-likeness (QED) is 0.586. The summed E-state index contributed by atoms with van der Waals surface area (Å²) in [6.07, 6.45) is 1.47. The standard InChI is InChI=1S/C8H24Si3/c1-6-7(9-3)8(2,10-4)11-5/h7H,6,9-11H2,1-5H3. The monoisotopic (exact) mass is 204 g/mol. The SMILES string of the molecule is CCC([SiH2]C)C(C)([SiH2]C)[SiH2]C. The molecular formula is C8H24Si3. The van der Waals surface area contributed by atoms with Gasteiger partial charge in [0, 0.05) is 28.6 Å². The Hall–Kier alpha value is 0.651. The van der Waals surface area contributed by atoms with E-state index in [4.69, 9.17) is 0 Å². The van der Waals surface area contributed by atoms with Crippen molar-refractivity contribution in [2.75, 3.05) is 0 Å². The summed E-state index contributed by atoms with van der Waals surface area (Å²) in [5.41, 5.74) is 1.19. The van der Waals surface area contributed by atoms with E-state index in [0.717, 1.165) is 4.66 Å². The lowest BCUT2D eigenvalue weighted by Crippen LogP contribution is -2.28. The second-order valence-electron chi connectivity index (χ2n) is 3.87. The van der Waals surface area contributed by atoms with Gasteiger partial charge >= 0.3 is 0 Å². The van der Waals surface area contributed by atoms with E-state index >= 15 is 0 Å². The van der Waals surface area contributed by atoms with Gasteiger partial charge in [0.05, 0.1) is 0 Å². The normalized spacial score (nSPS) is 22.6. The molecule has 0 nitrogen and oxygen atoms in total. The molecule has 0 aliphatic heterocycles. The van der Waals surface area contributed by atoms with Gasteiger partial charge in [-0.1, -0.05) is 50.1 Å². The van der Waals surface area contributed by atoms with E-state index in [1.54, 1.807) is 0 Å². The van der Waals surface area contributed by atoms with Gasteiger partial charge in [-0.3, -0.25) is 0 Å². The third-order valence-electron chi connectivity index (χ3n) is 3.59. The molecule has 1 unspecified atom stereocenters. The fraction of sp³-hybridized carbons (Fsp3) is 1.00. The molecule has 0 heterocycles. The van der Waals surface area contributed by atoms with Crippen LogP contribution in [0, 0.1) is 0 Å². The van der Waals surface area contributed by atoms with Crippen molar-refractivity contribution >= 4 is 28.6 Å². The Morgan fingerprint density at radius 1 is 1.18 bits per heavy atom. The van der Waals surface area contributed by atoms with E-state index < -0.39 is 0 Å². The smallest absolute Gasteiger partial charge is 0.0200 e. The molecule has 0 bridgehead atoms. The molecule has 0 radical (unpaired) electrons. The number of hydrogen-bond acceptors (Lipinski definition) is 0. The Kier molecular flexibility index (Phi) is 5.64. The van der Waals surface area contributed by atoms with E-state index in [1.165, 1.54) is 12.0 Å². The number of rotatable bonds is 5. The van der Waals surface area contributed by atoms with Gasteiger partial charge in [-0.05, 0) is 0 Å². The highest BCUT2D eigenvalue weighted by Crippen LogP contribution is 2.39. The van der Waals surface area contributed by atoms with Crippen molar-refractivity contribution in [3.63, 3.8) is 0 Å². The van der Waals surface area contributed by atoms with Crippen LogP contribution in [0.4, 0.5) is 0 Å². The minimum absolute atomic E-state index is 0.259. The van der Waals surface area contributed by atoms with Gasteiger partial charge < -0.3 is 0 Å². The van der Waals surface area contributed by atoms with Crippen molar-refractivity contribution in [2.24, 2.45) is 0 Å². The first-order chi connectivity index (χ1) is 5.14. The van der Waals surface area contributed by atoms with Crippen LogP contribution < -0.4 is 0 Å². The molecule has 0 aromatic rings. The van der Waals surface area contributed by atoms with Crippen LogP contribution in [0.3, 0.4) is 0 Å². The summed E-state index contributed by atoms with van der Waals surface area (Å²) < 4.78 is 0.940. The third kappa shape index (κ3) is 2.87. The molecule has 0 aliphatic carbocycles. The van der Waals surface area contributed by atoms with E-state index in [-0.39, 0.29) is 28.6 Å². The van der Waals surface area contributed by atoms with Crippen LogP contribution in [0.2, 0.25) is 29.8 Å². The molecule has 0 fully saturated rings. The molecule has 0 amide bonds. The van der Waals surface area contributed by atoms with Crippen molar-refractivity contribution in [1.82, 2.24) is 0 Å². The first kappa shape index (κ1) is 11.7. The highest BCUT2D eigenvalue weighted by atomic mass is 28.3. The summed E-state index contributed by atoms with van der Waals surface area (Å²) in [5.74, 6) is 0. The summed E-state index contributed by atoms with van der Waals surface area (Å²) in [7, 11) is 0.788. The molecule has 0 N–H and O–H groups in total. The molecule has 3 heteroatoms. The van der Waals surface area contributed by atoms with Crippen LogP contribution in [-0.2, 0) is 0 Å². The van der Waals surface area contributed by atoms with Gasteiger partial charge in [0.1, 0.15) is 0 Å². The topological polar surface area (TPSA) is 0 Å². The average molecular weight is 205 g/mol. The predicted octanol–water partition coefficient (Wildman–Crippen LogP) is 0.972.